The summed E-state index contributed by atoms with van der Waals surface area (Å²) in [6.07, 6.45) is 2.62. The van der Waals surface area contributed by atoms with Crippen molar-refractivity contribution in [2.24, 2.45) is 0 Å². The van der Waals surface area contributed by atoms with E-state index in [1.165, 1.54) is 27.8 Å². The van der Waals surface area contributed by atoms with Crippen molar-refractivity contribution >= 4 is 27.3 Å². The summed E-state index contributed by atoms with van der Waals surface area (Å²) >= 11 is 5.30. The van der Waals surface area contributed by atoms with Crippen molar-refractivity contribution in [1.29, 1.82) is 0 Å². The van der Waals surface area contributed by atoms with E-state index in [4.69, 9.17) is 4.42 Å². The van der Waals surface area contributed by atoms with Gasteiger partial charge in [-0.1, -0.05) is 0 Å². The molecule has 1 N–H and O–H groups in total. The Morgan fingerprint density at radius 2 is 2.19 bits per heavy atom. The van der Waals surface area contributed by atoms with Crippen LogP contribution in [0.1, 0.15) is 34.8 Å². The molecule has 0 unspecified atom stereocenters. The minimum absolute atomic E-state index is 0.721. The summed E-state index contributed by atoms with van der Waals surface area (Å²) in [6, 6.07) is 5.11. The van der Waals surface area contributed by atoms with Crippen LogP contribution in [0, 0.1) is 6.92 Å². The molecule has 1 aliphatic carbocycles. The molecule has 0 aromatic carbocycles. The number of furan rings is 1. The first kappa shape index (κ1) is 15.3. The summed E-state index contributed by atoms with van der Waals surface area (Å²) in [7, 11) is 2.15. The second kappa shape index (κ2) is 6.65. The maximum atomic E-state index is 5.85. The molecule has 1 aliphatic rings. The third kappa shape index (κ3) is 4.42. The maximum Gasteiger partial charge on any atom is 0.118 e. The first-order valence-electron chi connectivity index (χ1n) is 7.33. The van der Waals surface area contributed by atoms with E-state index in [0.29, 0.717) is 0 Å². The second-order valence-electron chi connectivity index (χ2n) is 5.85. The number of hydrogen-bond donors (Lipinski definition) is 1. The van der Waals surface area contributed by atoms with Crippen molar-refractivity contribution in [1.82, 2.24) is 10.2 Å². The molecule has 0 spiro atoms. The predicted octanol–water partition coefficient (Wildman–Crippen LogP) is 4.30. The normalized spacial score (nSPS) is 15.0. The molecule has 0 atom stereocenters. The van der Waals surface area contributed by atoms with Crippen LogP contribution in [0.4, 0.5) is 0 Å². The summed E-state index contributed by atoms with van der Waals surface area (Å²) in [5, 5.41) is 5.63. The highest BCUT2D eigenvalue weighted by molar-refractivity contribution is 9.10. The van der Waals surface area contributed by atoms with Crippen molar-refractivity contribution in [2.45, 2.75) is 45.4 Å². The smallest absolute Gasteiger partial charge is 0.118 e. The summed E-state index contributed by atoms with van der Waals surface area (Å²) in [6.45, 7) is 4.81. The fraction of sp³-hybridized carbons (Fsp3) is 0.500. The molecule has 1 fully saturated rings. The highest BCUT2D eigenvalue weighted by atomic mass is 79.9. The molecule has 2 aromatic heterocycles. The van der Waals surface area contributed by atoms with Crippen LogP contribution in [-0.4, -0.2) is 18.0 Å². The van der Waals surface area contributed by atoms with Crippen LogP contribution < -0.4 is 5.32 Å². The molecular formula is C16H21BrN2OS. The van der Waals surface area contributed by atoms with Crippen molar-refractivity contribution in [3.8, 4) is 0 Å². The van der Waals surface area contributed by atoms with Crippen LogP contribution in [-0.2, 0) is 19.6 Å². The fourth-order valence-electron chi connectivity index (χ4n) is 2.41. The molecule has 0 amide bonds. The molecule has 1 saturated carbocycles. The van der Waals surface area contributed by atoms with Gasteiger partial charge in [0.05, 0.1) is 6.54 Å². The Labute approximate surface area is 138 Å². The number of thiophene rings is 1. The van der Waals surface area contributed by atoms with Gasteiger partial charge in [-0.2, -0.15) is 0 Å². The molecule has 114 valence electrons. The lowest BCUT2D eigenvalue weighted by molar-refractivity contribution is 0.319. The number of aryl methyl sites for hydroxylation is 1. The van der Waals surface area contributed by atoms with Crippen LogP contribution in [0.3, 0.4) is 0 Å². The zero-order valence-electron chi connectivity index (χ0n) is 12.5. The summed E-state index contributed by atoms with van der Waals surface area (Å²) in [5.74, 6) is 2.10. The summed E-state index contributed by atoms with van der Waals surface area (Å²) < 4.78 is 7.02. The highest BCUT2D eigenvalue weighted by Gasteiger charge is 2.21. The Balaban J connectivity index is 1.55. The van der Waals surface area contributed by atoms with Gasteiger partial charge in [0.1, 0.15) is 11.5 Å². The predicted molar refractivity (Wildman–Crippen MR) is 90.5 cm³/mol. The molecule has 3 rings (SSSR count). The lowest BCUT2D eigenvalue weighted by Crippen LogP contribution is -2.16. The van der Waals surface area contributed by atoms with E-state index in [9.17, 15) is 0 Å². The largest absolute Gasteiger partial charge is 0.465 e. The molecular weight excluding hydrogens is 348 g/mol. The molecule has 0 bridgehead atoms. The lowest BCUT2D eigenvalue weighted by atomic mass is 10.2. The molecule has 21 heavy (non-hydrogen) atoms. The zero-order valence-corrected chi connectivity index (χ0v) is 14.9. The highest BCUT2D eigenvalue weighted by Crippen LogP contribution is 2.23. The average molecular weight is 369 g/mol. The molecule has 5 heteroatoms. The number of rotatable bonds is 7. The summed E-state index contributed by atoms with van der Waals surface area (Å²) in [4.78, 5) is 3.70. The topological polar surface area (TPSA) is 28.4 Å². The molecule has 0 saturated heterocycles. The van der Waals surface area contributed by atoms with Crippen LogP contribution >= 0.6 is 27.3 Å². The monoisotopic (exact) mass is 368 g/mol. The van der Waals surface area contributed by atoms with E-state index < -0.39 is 0 Å². The number of halogens is 1. The van der Waals surface area contributed by atoms with Crippen molar-refractivity contribution < 1.29 is 4.42 Å². The van der Waals surface area contributed by atoms with Gasteiger partial charge < -0.3 is 9.73 Å². The Morgan fingerprint density at radius 3 is 2.86 bits per heavy atom. The average Bonchev–Trinajstić information content (AvgIpc) is 3.08. The van der Waals surface area contributed by atoms with Gasteiger partial charge in [-0.05, 0) is 54.9 Å². The van der Waals surface area contributed by atoms with Crippen LogP contribution in [0.15, 0.2) is 26.4 Å². The van der Waals surface area contributed by atoms with E-state index in [0.717, 1.165) is 37.2 Å². The molecule has 3 nitrogen and oxygen atoms in total. The van der Waals surface area contributed by atoms with Gasteiger partial charge >= 0.3 is 0 Å². The minimum atomic E-state index is 0.721. The van der Waals surface area contributed by atoms with E-state index in [-0.39, 0.29) is 0 Å². The fourth-order valence-corrected chi connectivity index (χ4v) is 3.94. The van der Waals surface area contributed by atoms with Gasteiger partial charge in [0.2, 0.25) is 0 Å². The Morgan fingerprint density at radius 1 is 1.38 bits per heavy atom. The third-order valence-corrected chi connectivity index (χ3v) is 5.38. The quantitative estimate of drug-likeness (QED) is 0.789. The van der Waals surface area contributed by atoms with Crippen molar-refractivity contribution in [3.05, 3.63) is 43.9 Å². The number of nitrogens with one attached hydrogen (secondary N) is 1. The standard InChI is InChI=1S/C16H21BrN2OS/c1-11-12(5-15(20-11)7-18-14-3-4-14)8-19(2)9-16-6-13(17)10-21-16/h5-6,10,14,18H,3-4,7-9H2,1-2H3. The minimum Gasteiger partial charge on any atom is -0.465 e. The molecule has 0 aliphatic heterocycles. The Bertz CT molecular complexity index is 603. The Kier molecular flexibility index (Phi) is 4.84. The SMILES string of the molecule is Cc1oc(CNC2CC2)cc1CN(C)Cc1cc(Br)cs1. The third-order valence-electron chi connectivity index (χ3n) is 3.70. The van der Waals surface area contributed by atoms with Gasteiger partial charge in [0.25, 0.3) is 0 Å². The number of hydrogen-bond acceptors (Lipinski definition) is 4. The van der Waals surface area contributed by atoms with Gasteiger partial charge in [-0.15, -0.1) is 11.3 Å². The Hall–Kier alpha value is -0.620. The van der Waals surface area contributed by atoms with E-state index in [1.807, 2.05) is 0 Å². The van der Waals surface area contributed by atoms with Crippen LogP contribution in [0.25, 0.3) is 0 Å². The van der Waals surface area contributed by atoms with Gasteiger partial charge in [-0.3, -0.25) is 4.90 Å². The first-order valence-corrected chi connectivity index (χ1v) is 9.00. The molecule has 0 radical (unpaired) electrons. The van der Waals surface area contributed by atoms with Gasteiger partial charge in [0, 0.05) is 39.4 Å². The first-order chi connectivity index (χ1) is 10.1. The molecule has 2 aromatic rings. The van der Waals surface area contributed by atoms with Gasteiger partial charge in [-0.25, -0.2) is 0 Å². The summed E-state index contributed by atoms with van der Waals surface area (Å²) in [5.41, 5.74) is 1.29. The zero-order chi connectivity index (χ0) is 14.8. The maximum absolute atomic E-state index is 5.85. The van der Waals surface area contributed by atoms with E-state index in [2.05, 4.69) is 57.6 Å². The second-order valence-corrected chi connectivity index (χ2v) is 7.76. The number of nitrogens with zero attached hydrogens (tertiary/aromatic N) is 1. The van der Waals surface area contributed by atoms with E-state index >= 15 is 0 Å². The molecule has 2 heterocycles. The lowest BCUT2D eigenvalue weighted by Gasteiger charge is -2.14. The van der Waals surface area contributed by atoms with Crippen molar-refractivity contribution in [2.75, 3.05) is 7.05 Å². The van der Waals surface area contributed by atoms with Crippen molar-refractivity contribution in [3.63, 3.8) is 0 Å². The van der Waals surface area contributed by atoms with Crippen LogP contribution in [0.5, 0.6) is 0 Å². The van der Waals surface area contributed by atoms with Crippen LogP contribution in [0.2, 0.25) is 0 Å². The van der Waals surface area contributed by atoms with E-state index in [1.54, 1.807) is 11.3 Å². The van der Waals surface area contributed by atoms with Gasteiger partial charge in [0.15, 0.2) is 0 Å².